The van der Waals surface area contributed by atoms with Crippen molar-refractivity contribution in [3.63, 3.8) is 0 Å². The van der Waals surface area contributed by atoms with Gasteiger partial charge in [-0.3, -0.25) is 0 Å². The lowest BCUT2D eigenvalue weighted by atomic mass is 10.1. The number of hydrogen-bond donors (Lipinski definition) is 1. The monoisotopic (exact) mass is 306 g/mol. The van der Waals surface area contributed by atoms with Gasteiger partial charge < -0.3 is 9.67 Å². The topological polar surface area (TPSA) is 38.0 Å². The summed E-state index contributed by atoms with van der Waals surface area (Å²) in [5, 5.41) is 9.63. The van der Waals surface area contributed by atoms with E-state index in [2.05, 4.69) is 55.9 Å². The highest BCUT2D eigenvalue weighted by Gasteiger charge is 2.18. The fraction of sp³-hybridized carbons (Fsp3) is 0.357. The minimum absolute atomic E-state index is 0.222. The summed E-state index contributed by atoms with van der Waals surface area (Å²) in [4.78, 5) is 4.61. The summed E-state index contributed by atoms with van der Waals surface area (Å²) in [6, 6.07) is 8.32. The van der Waals surface area contributed by atoms with Crippen LogP contribution in [0.25, 0.3) is 0 Å². The number of nitrogens with zero attached hydrogens (tertiary/aromatic N) is 2. The van der Waals surface area contributed by atoms with Crippen molar-refractivity contribution in [3.8, 4) is 0 Å². The van der Waals surface area contributed by atoms with Gasteiger partial charge in [-0.1, -0.05) is 28.1 Å². The molecule has 18 heavy (non-hydrogen) atoms. The number of aryl methyl sites for hydroxylation is 1. The fourth-order valence-corrected chi connectivity index (χ4v) is 2.63. The molecular weight excluding hydrogens is 292 g/mol. The Balaban J connectivity index is 1.79. The predicted octanol–water partition coefficient (Wildman–Crippen LogP) is 2.54. The molecule has 0 saturated carbocycles. The molecular formula is C14H15BrN2O. The van der Waals surface area contributed by atoms with Gasteiger partial charge in [0.05, 0.1) is 11.8 Å². The van der Waals surface area contributed by atoms with Crippen LogP contribution in [0.15, 0.2) is 34.9 Å². The zero-order chi connectivity index (χ0) is 12.5. The van der Waals surface area contributed by atoms with Gasteiger partial charge in [0.2, 0.25) is 0 Å². The van der Waals surface area contributed by atoms with E-state index in [1.54, 1.807) is 0 Å². The van der Waals surface area contributed by atoms with Gasteiger partial charge in [-0.05, 0) is 24.1 Å². The van der Waals surface area contributed by atoms with Gasteiger partial charge in [0.15, 0.2) is 0 Å². The molecule has 0 aliphatic carbocycles. The number of fused-ring (bicyclic) bond motifs is 1. The van der Waals surface area contributed by atoms with Gasteiger partial charge in [-0.25, -0.2) is 4.98 Å². The van der Waals surface area contributed by atoms with E-state index in [9.17, 15) is 5.11 Å². The quantitative estimate of drug-likeness (QED) is 0.926. The van der Waals surface area contributed by atoms with Gasteiger partial charge in [-0.15, -0.1) is 0 Å². The molecule has 0 saturated heterocycles. The van der Waals surface area contributed by atoms with Crippen molar-refractivity contribution in [1.82, 2.24) is 9.55 Å². The van der Waals surface area contributed by atoms with Gasteiger partial charge in [0.25, 0.3) is 0 Å². The van der Waals surface area contributed by atoms with Crippen LogP contribution in [-0.4, -0.2) is 20.8 Å². The highest BCUT2D eigenvalue weighted by atomic mass is 79.9. The van der Waals surface area contributed by atoms with Crippen molar-refractivity contribution < 1.29 is 5.11 Å². The second kappa shape index (κ2) is 4.86. The molecule has 1 aliphatic rings. The first-order chi connectivity index (χ1) is 8.70. The molecule has 0 bridgehead atoms. The summed E-state index contributed by atoms with van der Waals surface area (Å²) in [6.07, 6.45) is 4.26. The molecule has 1 N–H and O–H groups in total. The van der Waals surface area contributed by atoms with Crippen LogP contribution in [-0.2, 0) is 19.4 Å². The maximum Gasteiger partial charge on any atom is 0.111 e. The largest absolute Gasteiger partial charge is 0.393 e. The Labute approximate surface area is 115 Å². The summed E-state index contributed by atoms with van der Waals surface area (Å²) in [5.74, 6) is 1.01. The second-order valence-corrected chi connectivity index (χ2v) is 5.71. The van der Waals surface area contributed by atoms with Crippen LogP contribution in [0.5, 0.6) is 0 Å². The second-order valence-electron chi connectivity index (χ2n) is 4.79. The molecule has 0 amide bonds. The maximum atomic E-state index is 9.63. The zero-order valence-electron chi connectivity index (χ0n) is 10.0. The Morgan fingerprint density at radius 2 is 2.11 bits per heavy atom. The fourth-order valence-electron chi connectivity index (χ4n) is 2.37. The highest BCUT2D eigenvalue weighted by Crippen LogP contribution is 2.18. The summed E-state index contributed by atoms with van der Waals surface area (Å²) in [6.45, 7) is 0.879. The Kier molecular flexibility index (Phi) is 3.22. The minimum Gasteiger partial charge on any atom is -0.393 e. The number of rotatable bonds is 2. The Morgan fingerprint density at radius 3 is 2.89 bits per heavy atom. The summed E-state index contributed by atoms with van der Waals surface area (Å²) < 4.78 is 3.26. The Morgan fingerprint density at radius 1 is 1.33 bits per heavy atom. The number of aliphatic hydroxyl groups is 1. The molecule has 1 aromatic heterocycles. The lowest BCUT2D eigenvalue weighted by molar-refractivity contribution is 0.141. The van der Waals surface area contributed by atoms with Crippen LogP contribution in [0.3, 0.4) is 0 Å². The lowest BCUT2D eigenvalue weighted by Crippen LogP contribution is -2.22. The van der Waals surface area contributed by atoms with E-state index in [4.69, 9.17) is 0 Å². The van der Waals surface area contributed by atoms with Crippen molar-refractivity contribution in [1.29, 1.82) is 0 Å². The molecule has 2 aromatic rings. The first-order valence-corrected chi connectivity index (χ1v) is 6.97. The first-order valence-electron chi connectivity index (χ1n) is 6.18. The maximum absolute atomic E-state index is 9.63. The standard InChI is InChI=1S/C14H15BrN2O/c15-11-3-1-10(2-4-11)7-12-9-17-6-5-13(18)8-14(17)16-12/h1-4,9,13,18H,5-8H2. The van der Waals surface area contributed by atoms with Crippen molar-refractivity contribution in [2.45, 2.75) is 31.9 Å². The Hall–Kier alpha value is -1.13. The summed E-state index contributed by atoms with van der Waals surface area (Å²) in [7, 11) is 0. The van der Waals surface area contributed by atoms with Gasteiger partial charge in [0, 0.05) is 30.1 Å². The van der Waals surface area contributed by atoms with Crippen molar-refractivity contribution in [3.05, 3.63) is 52.0 Å². The van der Waals surface area contributed by atoms with Crippen molar-refractivity contribution in [2.24, 2.45) is 0 Å². The molecule has 1 unspecified atom stereocenters. The van der Waals surface area contributed by atoms with E-state index < -0.39 is 0 Å². The number of benzene rings is 1. The van der Waals surface area contributed by atoms with E-state index in [1.165, 1.54) is 5.56 Å². The highest BCUT2D eigenvalue weighted by molar-refractivity contribution is 9.10. The van der Waals surface area contributed by atoms with Gasteiger partial charge >= 0.3 is 0 Å². The molecule has 0 fully saturated rings. The molecule has 94 valence electrons. The van der Waals surface area contributed by atoms with Crippen molar-refractivity contribution in [2.75, 3.05) is 0 Å². The molecule has 2 heterocycles. The molecule has 0 spiro atoms. The molecule has 1 aromatic carbocycles. The summed E-state index contributed by atoms with van der Waals surface area (Å²) >= 11 is 3.44. The third kappa shape index (κ3) is 2.49. The molecule has 1 atom stereocenters. The van der Waals surface area contributed by atoms with Crippen LogP contribution < -0.4 is 0 Å². The number of hydrogen-bond acceptors (Lipinski definition) is 2. The Bertz CT molecular complexity index is 547. The lowest BCUT2D eigenvalue weighted by Gasteiger charge is -2.18. The number of aromatic nitrogens is 2. The normalized spacial score (nSPS) is 18.7. The van der Waals surface area contributed by atoms with Gasteiger partial charge in [-0.2, -0.15) is 0 Å². The zero-order valence-corrected chi connectivity index (χ0v) is 11.6. The SMILES string of the molecule is OC1CCn2cc(Cc3ccc(Br)cc3)nc2C1. The van der Waals surface area contributed by atoms with E-state index in [0.717, 1.165) is 35.4 Å². The van der Waals surface area contributed by atoms with E-state index in [-0.39, 0.29) is 6.10 Å². The third-order valence-corrected chi connectivity index (χ3v) is 3.86. The number of aliphatic hydroxyl groups excluding tert-OH is 1. The average molecular weight is 307 g/mol. The van der Waals surface area contributed by atoms with Crippen molar-refractivity contribution >= 4 is 15.9 Å². The van der Waals surface area contributed by atoms with Crippen LogP contribution in [0.1, 0.15) is 23.5 Å². The van der Waals surface area contributed by atoms with E-state index >= 15 is 0 Å². The number of imidazole rings is 1. The number of halogens is 1. The molecule has 4 heteroatoms. The summed E-state index contributed by atoms with van der Waals surface area (Å²) in [5.41, 5.74) is 2.34. The van der Waals surface area contributed by atoms with Crippen LogP contribution in [0.4, 0.5) is 0 Å². The van der Waals surface area contributed by atoms with Gasteiger partial charge in [0.1, 0.15) is 5.82 Å². The molecule has 0 radical (unpaired) electrons. The van der Waals surface area contributed by atoms with Crippen LogP contribution in [0, 0.1) is 0 Å². The van der Waals surface area contributed by atoms with E-state index in [0.29, 0.717) is 6.42 Å². The molecule has 1 aliphatic heterocycles. The third-order valence-electron chi connectivity index (χ3n) is 3.33. The predicted molar refractivity (Wildman–Crippen MR) is 73.5 cm³/mol. The van der Waals surface area contributed by atoms with E-state index in [1.807, 2.05) is 0 Å². The first kappa shape index (κ1) is 11.9. The average Bonchev–Trinajstić information content (AvgIpc) is 2.73. The smallest absolute Gasteiger partial charge is 0.111 e. The minimum atomic E-state index is -0.222. The molecule has 3 rings (SSSR count). The molecule has 3 nitrogen and oxygen atoms in total. The van der Waals surface area contributed by atoms with Crippen LogP contribution in [0.2, 0.25) is 0 Å². The van der Waals surface area contributed by atoms with Crippen LogP contribution >= 0.6 is 15.9 Å².